The summed E-state index contributed by atoms with van der Waals surface area (Å²) in [5.74, 6) is -1.31. The van der Waals surface area contributed by atoms with Crippen LogP contribution in [-0.4, -0.2) is 24.4 Å². The highest BCUT2D eigenvalue weighted by molar-refractivity contribution is 6.20. The highest BCUT2D eigenvalue weighted by atomic mass is 16.5. The average molecular weight is 245 g/mol. The lowest BCUT2D eigenvalue weighted by atomic mass is 9.96. The van der Waals surface area contributed by atoms with Gasteiger partial charge >= 0.3 is 5.97 Å². The normalized spacial score (nSPS) is 21.1. The van der Waals surface area contributed by atoms with Crippen LogP contribution in [0.2, 0.25) is 0 Å². The number of ketones is 1. The monoisotopic (exact) mass is 245 g/mol. The zero-order valence-electron chi connectivity index (χ0n) is 10.0. The largest absolute Gasteiger partial charge is 0.468 e. The number of benzene rings is 1. The van der Waals surface area contributed by atoms with Crippen molar-refractivity contribution in [2.24, 2.45) is 5.11 Å². The Bertz CT molecular complexity index is 590. The van der Waals surface area contributed by atoms with Gasteiger partial charge in [0.2, 0.25) is 5.54 Å². The van der Waals surface area contributed by atoms with Gasteiger partial charge in [0.15, 0.2) is 5.78 Å². The van der Waals surface area contributed by atoms with Crippen LogP contribution in [0.4, 0.5) is 0 Å². The van der Waals surface area contributed by atoms with Gasteiger partial charge < -0.3 is 4.74 Å². The first-order valence-corrected chi connectivity index (χ1v) is 5.34. The molecule has 18 heavy (non-hydrogen) atoms. The predicted molar refractivity (Wildman–Crippen MR) is 63.1 cm³/mol. The van der Waals surface area contributed by atoms with Gasteiger partial charge in [-0.15, -0.1) is 0 Å². The van der Waals surface area contributed by atoms with E-state index in [0.717, 1.165) is 5.56 Å². The molecule has 6 heteroatoms. The quantitative estimate of drug-likeness (QED) is 0.262. The molecule has 0 fully saturated rings. The number of fused-ring (bicyclic) bond motifs is 1. The third kappa shape index (κ3) is 1.55. The number of esters is 1. The molecular weight excluding hydrogens is 234 g/mol. The van der Waals surface area contributed by atoms with E-state index in [4.69, 9.17) is 5.53 Å². The third-order valence-electron chi connectivity index (χ3n) is 3.07. The fourth-order valence-corrected chi connectivity index (χ4v) is 2.17. The Hall–Kier alpha value is -2.33. The number of carbonyl (C=O) groups excluding carboxylic acids is 2. The average Bonchev–Trinajstić information content (AvgIpc) is 2.64. The second-order valence-corrected chi connectivity index (χ2v) is 4.21. The smallest absolute Gasteiger partial charge is 0.326 e. The van der Waals surface area contributed by atoms with Crippen LogP contribution in [0.5, 0.6) is 0 Å². The lowest BCUT2D eigenvalue weighted by Gasteiger charge is -2.17. The number of nitrogens with zero attached hydrogens (tertiary/aromatic N) is 3. The fraction of sp³-hybridized carbons (Fsp3) is 0.333. The van der Waals surface area contributed by atoms with E-state index in [0.29, 0.717) is 11.1 Å². The minimum Gasteiger partial charge on any atom is -0.468 e. The Labute approximate surface area is 103 Å². The molecule has 0 saturated carbocycles. The molecule has 1 unspecified atom stereocenters. The SMILES string of the molecule is COC(=O)C1(N=[N+]=[N-])Cc2ccc(C)cc2C1=O. The second kappa shape index (κ2) is 4.16. The highest BCUT2D eigenvalue weighted by Gasteiger charge is 2.52. The van der Waals surface area contributed by atoms with E-state index in [1.807, 2.05) is 13.0 Å². The van der Waals surface area contributed by atoms with E-state index in [2.05, 4.69) is 14.8 Å². The zero-order valence-corrected chi connectivity index (χ0v) is 10.0. The molecule has 0 saturated heterocycles. The zero-order chi connectivity index (χ0) is 13.3. The van der Waals surface area contributed by atoms with Crippen LogP contribution >= 0.6 is 0 Å². The van der Waals surface area contributed by atoms with Crippen molar-refractivity contribution in [2.45, 2.75) is 18.9 Å². The number of methoxy groups -OCH3 is 1. The topological polar surface area (TPSA) is 92.1 Å². The van der Waals surface area contributed by atoms with Gasteiger partial charge in [0.05, 0.1) is 7.11 Å². The number of ether oxygens (including phenoxy) is 1. The van der Waals surface area contributed by atoms with Crippen LogP contribution in [0.15, 0.2) is 23.3 Å². The van der Waals surface area contributed by atoms with E-state index in [1.165, 1.54) is 7.11 Å². The van der Waals surface area contributed by atoms with Crippen molar-refractivity contribution in [2.75, 3.05) is 7.11 Å². The van der Waals surface area contributed by atoms with Gasteiger partial charge in [0.25, 0.3) is 0 Å². The summed E-state index contributed by atoms with van der Waals surface area (Å²) in [6.45, 7) is 1.85. The number of Topliss-reactive ketones (excluding diaryl/α,β-unsaturated/α-hetero) is 1. The lowest BCUT2D eigenvalue weighted by Crippen LogP contribution is -2.43. The molecule has 0 bridgehead atoms. The summed E-state index contributed by atoms with van der Waals surface area (Å²) in [5.41, 5.74) is 8.84. The van der Waals surface area contributed by atoms with Gasteiger partial charge in [0.1, 0.15) is 0 Å². The van der Waals surface area contributed by atoms with Gasteiger partial charge in [-0.3, -0.25) is 9.59 Å². The number of carbonyl (C=O) groups is 2. The van der Waals surface area contributed by atoms with Gasteiger partial charge in [-0.1, -0.05) is 22.8 Å². The number of hydrogen-bond acceptors (Lipinski definition) is 4. The first-order chi connectivity index (χ1) is 8.55. The van der Waals surface area contributed by atoms with Crippen molar-refractivity contribution in [3.05, 3.63) is 45.3 Å². The van der Waals surface area contributed by atoms with Crippen LogP contribution in [0, 0.1) is 6.92 Å². The summed E-state index contributed by atoms with van der Waals surface area (Å²) in [6.07, 6.45) is 0.0537. The third-order valence-corrected chi connectivity index (χ3v) is 3.07. The van der Waals surface area contributed by atoms with Crippen molar-refractivity contribution in [3.63, 3.8) is 0 Å². The molecule has 1 atom stereocenters. The molecule has 1 aromatic rings. The number of aryl methyl sites for hydroxylation is 1. The molecule has 2 rings (SSSR count). The number of hydrogen-bond donors (Lipinski definition) is 0. The molecule has 0 aliphatic heterocycles. The summed E-state index contributed by atoms with van der Waals surface area (Å²) in [4.78, 5) is 26.7. The molecule has 0 heterocycles. The van der Waals surface area contributed by atoms with Crippen LogP contribution in [0.3, 0.4) is 0 Å². The summed E-state index contributed by atoms with van der Waals surface area (Å²) in [7, 11) is 1.17. The van der Waals surface area contributed by atoms with Crippen LogP contribution in [0.25, 0.3) is 10.4 Å². The molecule has 1 aromatic carbocycles. The van der Waals surface area contributed by atoms with E-state index >= 15 is 0 Å². The maximum atomic E-state index is 12.3. The summed E-state index contributed by atoms with van der Waals surface area (Å²) in [5, 5.41) is 3.41. The van der Waals surface area contributed by atoms with E-state index in [1.54, 1.807) is 12.1 Å². The molecule has 0 aromatic heterocycles. The van der Waals surface area contributed by atoms with Crippen molar-refractivity contribution in [3.8, 4) is 0 Å². The maximum absolute atomic E-state index is 12.3. The molecule has 92 valence electrons. The number of azide groups is 1. The van der Waals surface area contributed by atoms with Gasteiger partial charge in [-0.25, -0.2) is 0 Å². The highest BCUT2D eigenvalue weighted by Crippen LogP contribution is 2.34. The molecule has 1 aliphatic rings. The van der Waals surface area contributed by atoms with E-state index in [-0.39, 0.29) is 6.42 Å². The summed E-state index contributed by atoms with van der Waals surface area (Å²) < 4.78 is 4.60. The molecule has 1 aliphatic carbocycles. The Morgan fingerprint density at radius 2 is 2.28 bits per heavy atom. The van der Waals surface area contributed by atoms with Gasteiger partial charge in [-0.2, -0.15) is 0 Å². The van der Waals surface area contributed by atoms with Crippen molar-refractivity contribution < 1.29 is 14.3 Å². The fourth-order valence-electron chi connectivity index (χ4n) is 2.17. The Morgan fingerprint density at radius 3 is 2.89 bits per heavy atom. The standard InChI is InChI=1S/C12H11N3O3/c1-7-3-4-8-6-12(14-15-13,11(17)18-2)10(16)9(8)5-7/h3-5H,6H2,1-2H3. The van der Waals surface area contributed by atoms with Crippen LogP contribution in [-0.2, 0) is 16.0 Å². The van der Waals surface area contributed by atoms with Gasteiger partial charge in [0, 0.05) is 16.9 Å². The van der Waals surface area contributed by atoms with E-state index in [9.17, 15) is 9.59 Å². The Morgan fingerprint density at radius 1 is 1.56 bits per heavy atom. The number of rotatable bonds is 2. The van der Waals surface area contributed by atoms with Gasteiger partial charge in [-0.05, 0) is 24.1 Å². The van der Waals surface area contributed by atoms with Crippen LogP contribution in [0.1, 0.15) is 21.5 Å². The second-order valence-electron chi connectivity index (χ2n) is 4.21. The first kappa shape index (κ1) is 12.1. The van der Waals surface area contributed by atoms with Crippen molar-refractivity contribution in [1.82, 2.24) is 0 Å². The molecular formula is C12H11N3O3. The summed E-state index contributed by atoms with van der Waals surface area (Å²) in [6, 6.07) is 5.30. The molecule has 0 radical (unpaired) electrons. The Balaban J connectivity index is 2.60. The minimum absolute atomic E-state index is 0.0537. The van der Waals surface area contributed by atoms with Crippen LogP contribution < -0.4 is 0 Å². The van der Waals surface area contributed by atoms with Crippen molar-refractivity contribution >= 4 is 11.8 Å². The molecule has 0 spiro atoms. The Kier molecular flexibility index (Phi) is 2.80. The molecule has 0 amide bonds. The minimum atomic E-state index is -1.78. The lowest BCUT2D eigenvalue weighted by molar-refractivity contribution is -0.144. The van der Waals surface area contributed by atoms with Crippen molar-refractivity contribution in [1.29, 1.82) is 0 Å². The maximum Gasteiger partial charge on any atom is 0.326 e. The molecule has 6 nitrogen and oxygen atoms in total. The molecule has 0 N–H and O–H groups in total. The predicted octanol–water partition coefficient (Wildman–Crippen LogP) is 1.96. The first-order valence-electron chi connectivity index (χ1n) is 5.34. The summed E-state index contributed by atoms with van der Waals surface area (Å²) >= 11 is 0. The van der Waals surface area contributed by atoms with E-state index < -0.39 is 17.3 Å².